The van der Waals surface area contributed by atoms with Gasteiger partial charge in [-0.15, -0.1) is 0 Å². The Morgan fingerprint density at radius 3 is 2.24 bits per heavy atom. The molecule has 1 aromatic rings. The molecule has 2 heteroatoms. The first-order chi connectivity index (χ1) is 10.3. The van der Waals surface area contributed by atoms with E-state index in [1.807, 2.05) is 6.07 Å². The van der Waals surface area contributed by atoms with Crippen LogP contribution < -0.4 is 5.32 Å². The molecule has 0 bridgehead atoms. The molecule has 0 radical (unpaired) electrons. The van der Waals surface area contributed by atoms with Gasteiger partial charge in [-0.1, -0.05) is 82.0 Å². The lowest BCUT2D eigenvalue weighted by Gasteiger charge is -2.43. The zero-order valence-corrected chi connectivity index (χ0v) is 14.2. The van der Waals surface area contributed by atoms with Crippen LogP contribution in [0, 0.1) is 0 Å². The Labute approximate surface area is 135 Å². The van der Waals surface area contributed by atoms with Gasteiger partial charge in [-0.3, -0.25) is 0 Å². The van der Waals surface area contributed by atoms with Crippen LogP contribution in [-0.2, 0) is 5.41 Å². The van der Waals surface area contributed by atoms with E-state index in [1.165, 1.54) is 63.4 Å². The van der Waals surface area contributed by atoms with Gasteiger partial charge < -0.3 is 5.32 Å². The molecule has 1 nitrogen and oxygen atoms in total. The fourth-order valence-corrected chi connectivity index (χ4v) is 3.56. The van der Waals surface area contributed by atoms with Crippen molar-refractivity contribution in [3.63, 3.8) is 0 Å². The maximum atomic E-state index is 6.16. The summed E-state index contributed by atoms with van der Waals surface area (Å²) in [6.07, 6.45) is 12.5. The van der Waals surface area contributed by atoms with Gasteiger partial charge in [-0.2, -0.15) is 0 Å². The third-order valence-corrected chi connectivity index (χ3v) is 5.11. The summed E-state index contributed by atoms with van der Waals surface area (Å²) in [6.45, 7) is 4.51. The van der Waals surface area contributed by atoms with Crippen LogP contribution >= 0.6 is 11.6 Å². The minimum atomic E-state index is 0.354. The van der Waals surface area contributed by atoms with Crippen LogP contribution in [0.3, 0.4) is 0 Å². The molecule has 0 aliphatic carbocycles. The lowest BCUT2D eigenvalue weighted by molar-refractivity contribution is 0.249. The van der Waals surface area contributed by atoms with Gasteiger partial charge in [0.15, 0.2) is 0 Å². The fraction of sp³-hybridized carbons (Fsp3) is 0.684. The van der Waals surface area contributed by atoms with Gasteiger partial charge in [-0.05, 0) is 24.1 Å². The predicted molar refractivity (Wildman–Crippen MR) is 93.2 cm³/mol. The van der Waals surface area contributed by atoms with Gasteiger partial charge >= 0.3 is 0 Å². The third kappa shape index (κ3) is 5.00. The van der Waals surface area contributed by atoms with Crippen molar-refractivity contribution in [3.8, 4) is 0 Å². The Morgan fingerprint density at radius 1 is 1.00 bits per heavy atom. The van der Waals surface area contributed by atoms with Crippen LogP contribution in [0.15, 0.2) is 24.3 Å². The highest BCUT2D eigenvalue weighted by molar-refractivity contribution is 6.30. The normalized spacial score (nSPS) is 16.7. The Kier molecular flexibility index (Phi) is 7.06. The van der Waals surface area contributed by atoms with E-state index in [4.69, 9.17) is 11.6 Å². The molecule has 0 spiro atoms. The summed E-state index contributed by atoms with van der Waals surface area (Å²) in [7, 11) is 0. The Balaban J connectivity index is 1.68. The van der Waals surface area contributed by atoms with Crippen molar-refractivity contribution < 1.29 is 0 Å². The van der Waals surface area contributed by atoms with E-state index >= 15 is 0 Å². The number of unbranched alkanes of at least 4 members (excludes halogenated alkanes) is 7. The highest BCUT2D eigenvalue weighted by Crippen LogP contribution is 2.35. The summed E-state index contributed by atoms with van der Waals surface area (Å²) in [4.78, 5) is 0. The zero-order chi connectivity index (χ0) is 15.0. The van der Waals surface area contributed by atoms with Crippen molar-refractivity contribution in [1.29, 1.82) is 0 Å². The summed E-state index contributed by atoms with van der Waals surface area (Å²) in [5, 5.41) is 4.32. The van der Waals surface area contributed by atoms with E-state index in [2.05, 4.69) is 30.4 Å². The van der Waals surface area contributed by atoms with Crippen LogP contribution in [0.1, 0.15) is 70.3 Å². The van der Waals surface area contributed by atoms with E-state index in [0.717, 1.165) is 18.1 Å². The van der Waals surface area contributed by atoms with Gasteiger partial charge in [0.2, 0.25) is 0 Å². The lowest BCUT2D eigenvalue weighted by atomic mass is 9.71. The molecule has 0 unspecified atom stereocenters. The number of benzene rings is 1. The molecule has 1 aromatic carbocycles. The molecular weight excluding hydrogens is 278 g/mol. The largest absolute Gasteiger partial charge is 0.315 e. The number of hydrogen-bond donors (Lipinski definition) is 1. The molecule has 2 rings (SSSR count). The summed E-state index contributed by atoms with van der Waals surface area (Å²) >= 11 is 6.16. The number of halogens is 1. The van der Waals surface area contributed by atoms with Crippen LogP contribution in [0.25, 0.3) is 0 Å². The van der Waals surface area contributed by atoms with E-state index in [1.54, 1.807) is 0 Å². The van der Waals surface area contributed by atoms with E-state index in [-0.39, 0.29) is 0 Å². The summed E-state index contributed by atoms with van der Waals surface area (Å²) in [6, 6.07) is 8.47. The van der Waals surface area contributed by atoms with E-state index in [0.29, 0.717) is 5.41 Å². The smallest absolute Gasteiger partial charge is 0.0408 e. The van der Waals surface area contributed by atoms with Gasteiger partial charge in [0, 0.05) is 23.5 Å². The van der Waals surface area contributed by atoms with Crippen molar-refractivity contribution in [2.45, 2.75) is 70.1 Å². The fourth-order valence-electron chi connectivity index (χ4n) is 3.37. The molecule has 1 aliphatic heterocycles. The minimum absolute atomic E-state index is 0.354. The first kappa shape index (κ1) is 16.8. The Bertz CT molecular complexity index is 412. The topological polar surface area (TPSA) is 12.0 Å². The average molecular weight is 308 g/mol. The zero-order valence-electron chi connectivity index (χ0n) is 13.5. The maximum Gasteiger partial charge on any atom is 0.0408 e. The van der Waals surface area contributed by atoms with Crippen LogP contribution in [-0.4, -0.2) is 13.1 Å². The molecule has 0 atom stereocenters. The molecule has 0 saturated carbocycles. The molecule has 1 fully saturated rings. The first-order valence-electron chi connectivity index (χ1n) is 8.74. The quantitative estimate of drug-likeness (QED) is 0.546. The van der Waals surface area contributed by atoms with Crippen molar-refractivity contribution in [2.24, 2.45) is 0 Å². The van der Waals surface area contributed by atoms with E-state index < -0.39 is 0 Å². The van der Waals surface area contributed by atoms with Crippen molar-refractivity contribution in [2.75, 3.05) is 13.1 Å². The van der Waals surface area contributed by atoms with Crippen molar-refractivity contribution in [1.82, 2.24) is 5.32 Å². The molecule has 118 valence electrons. The Morgan fingerprint density at radius 2 is 1.67 bits per heavy atom. The minimum Gasteiger partial charge on any atom is -0.315 e. The summed E-state index contributed by atoms with van der Waals surface area (Å²) in [5.74, 6) is 0. The second-order valence-electron chi connectivity index (χ2n) is 6.62. The third-order valence-electron chi connectivity index (χ3n) is 4.87. The van der Waals surface area contributed by atoms with Gasteiger partial charge in [-0.25, -0.2) is 0 Å². The molecule has 1 saturated heterocycles. The second-order valence-corrected chi connectivity index (χ2v) is 7.06. The van der Waals surface area contributed by atoms with Crippen LogP contribution in [0.4, 0.5) is 0 Å². The Hall–Kier alpha value is -0.530. The van der Waals surface area contributed by atoms with Gasteiger partial charge in [0.1, 0.15) is 0 Å². The molecule has 0 aromatic heterocycles. The standard InChI is InChI=1S/C19H30ClN/c1-2-3-4-5-6-7-8-9-13-19(15-21-16-19)17-11-10-12-18(20)14-17/h10-12,14,21H,2-9,13,15-16H2,1H3. The maximum absolute atomic E-state index is 6.16. The van der Waals surface area contributed by atoms with Gasteiger partial charge in [0.05, 0.1) is 0 Å². The second kappa shape index (κ2) is 8.80. The number of hydrogen-bond acceptors (Lipinski definition) is 1. The molecule has 21 heavy (non-hydrogen) atoms. The van der Waals surface area contributed by atoms with Crippen molar-refractivity contribution in [3.05, 3.63) is 34.9 Å². The number of rotatable bonds is 10. The highest BCUT2D eigenvalue weighted by Gasteiger charge is 2.37. The van der Waals surface area contributed by atoms with Crippen LogP contribution in [0.2, 0.25) is 5.02 Å². The van der Waals surface area contributed by atoms with Crippen LogP contribution in [0.5, 0.6) is 0 Å². The molecule has 1 N–H and O–H groups in total. The molecule has 0 amide bonds. The SMILES string of the molecule is CCCCCCCCCCC1(c2cccc(Cl)c2)CNC1. The lowest BCUT2D eigenvalue weighted by Crippen LogP contribution is -2.56. The molecule has 1 heterocycles. The van der Waals surface area contributed by atoms with Gasteiger partial charge in [0.25, 0.3) is 0 Å². The monoisotopic (exact) mass is 307 g/mol. The first-order valence-corrected chi connectivity index (χ1v) is 9.11. The predicted octanol–water partition coefficient (Wildman–Crippen LogP) is 5.71. The highest BCUT2D eigenvalue weighted by atomic mass is 35.5. The average Bonchev–Trinajstić information content (AvgIpc) is 2.44. The molecule has 1 aliphatic rings. The number of nitrogens with one attached hydrogen (secondary N) is 1. The summed E-state index contributed by atoms with van der Waals surface area (Å²) in [5.41, 5.74) is 1.78. The summed E-state index contributed by atoms with van der Waals surface area (Å²) < 4.78 is 0. The van der Waals surface area contributed by atoms with Crippen molar-refractivity contribution >= 4 is 11.6 Å². The molecular formula is C19H30ClN. The van der Waals surface area contributed by atoms with E-state index in [9.17, 15) is 0 Å².